The van der Waals surface area contributed by atoms with E-state index in [-0.39, 0.29) is 19.1 Å². The number of anilines is 3. The van der Waals surface area contributed by atoms with Gasteiger partial charge in [0.05, 0.1) is 31.7 Å². The number of benzene rings is 6. The van der Waals surface area contributed by atoms with Crippen LogP contribution in [0.5, 0.6) is 11.5 Å². The van der Waals surface area contributed by atoms with Crippen molar-refractivity contribution in [2.45, 2.75) is 36.6 Å². The number of rotatable bonds is 11. The van der Waals surface area contributed by atoms with Gasteiger partial charge in [0.25, 0.3) is 0 Å². The lowest BCUT2D eigenvalue weighted by atomic mass is 9.65. The van der Waals surface area contributed by atoms with Gasteiger partial charge in [0.1, 0.15) is 35.7 Å². The van der Waals surface area contributed by atoms with Crippen molar-refractivity contribution in [3.8, 4) is 22.6 Å². The molecule has 4 aliphatic rings. The standard InChI is InChI=1S/C54H51N5O8/c1-34(61)57-27-29-58(30-28-57)41-20-18-40(19-21-41)55-51(62)46-48-52(63)67-49(37-11-7-4-8-12-37)47(36-9-5-3-6-10-36)59(48)50(38-15-24-43(25-16-38)66-32-31-60)54(46)44-33-39(17-26-45(44)56-53(54)64)35-13-22-42(65-2)23-14-35/h3-26,33,46-50,60H,27-32H2,1-2H3,(H,55,62)(H,56,64)/t46-,47-,48-,49+,50+,54-/m1/s1. The molecule has 13 nitrogen and oxygen atoms in total. The highest BCUT2D eigenvalue weighted by molar-refractivity contribution is 6.14. The van der Waals surface area contributed by atoms with Crippen molar-refractivity contribution in [3.05, 3.63) is 174 Å². The maximum Gasteiger partial charge on any atom is 0.324 e. The zero-order valence-electron chi connectivity index (χ0n) is 37.2. The zero-order chi connectivity index (χ0) is 46.2. The molecule has 4 aliphatic heterocycles. The number of carbonyl (C=O) groups is 4. The number of nitrogens with one attached hydrogen (secondary N) is 2. The lowest BCUT2D eigenvalue weighted by Crippen LogP contribution is -2.53. The maximum absolute atomic E-state index is 15.8. The van der Waals surface area contributed by atoms with Gasteiger partial charge in [-0.3, -0.25) is 24.1 Å². The van der Waals surface area contributed by atoms with E-state index in [1.165, 1.54) is 0 Å². The van der Waals surface area contributed by atoms with Gasteiger partial charge in [0, 0.05) is 50.2 Å². The van der Waals surface area contributed by atoms with E-state index in [9.17, 15) is 9.90 Å². The van der Waals surface area contributed by atoms with Crippen LogP contribution in [0.2, 0.25) is 0 Å². The topological polar surface area (TPSA) is 150 Å². The highest BCUT2D eigenvalue weighted by Gasteiger charge is 2.74. The van der Waals surface area contributed by atoms with Crippen LogP contribution in [0.1, 0.15) is 47.4 Å². The molecule has 10 rings (SSSR count). The molecule has 6 atom stereocenters. The van der Waals surface area contributed by atoms with Crippen LogP contribution in [-0.4, -0.2) is 91.1 Å². The summed E-state index contributed by atoms with van der Waals surface area (Å²) in [6.45, 7) is 4.07. The molecule has 0 radical (unpaired) electrons. The first-order chi connectivity index (χ1) is 32.7. The van der Waals surface area contributed by atoms with Crippen LogP contribution in [0.4, 0.5) is 17.1 Å². The van der Waals surface area contributed by atoms with Gasteiger partial charge in [0.15, 0.2) is 0 Å². The summed E-state index contributed by atoms with van der Waals surface area (Å²) in [7, 11) is 1.61. The Balaban J connectivity index is 1.16. The van der Waals surface area contributed by atoms with Gasteiger partial charge in [-0.05, 0) is 94.0 Å². The highest BCUT2D eigenvalue weighted by Crippen LogP contribution is 2.65. The monoisotopic (exact) mass is 897 g/mol. The van der Waals surface area contributed by atoms with Gasteiger partial charge in [-0.2, -0.15) is 0 Å². The van der Waals surface area contributed by atoms with E-state index < -0.39 is 53.3 Å². The molecule has 0 bridgehead atoms. The maximum atomic E-state index is 15.8. The first kappa shape index (κ1) is 43.4. The van der Waals surface area contributed by atoms with Gasteiger partial charge >= 0.3 is 5.97 Å². The van der Waals surface area contributed by atoms with Gasteiger partial charge in [-0.15, -0.1) is 0 Å². The quantitative estimate of drug-likeness (QED) is 0.113. The van der Waals surface area contributed by atoms with Crippen LogP contribution in [0, 0.1) is 5.92 Å². The Morgan fingerprint density at radius 1 is 0.746 bits per heavy atom. The number of aliphatic hydroxyl groups is 1. The van der Waals surface area contributed by atoms with E-state index in [1.807, 2.05) is 144 Å². The number of cyclic esters (lactones) is 1. The van der Waals surface area contributed by atoms with Crippen molar-refractivity contribution < 1.29 is 38.5 Å². The second-order valence-corrected chi connectivity index (χ2v) is 17.4. The molecule has 6 aromatic rings. The fourth-order valence-electron chi connectivity index (χ4n) is 10.7. The minimum Gasteiger partial charge on any atom is -0.497 e. The molecule has 0 aromatic heterocycles. The van der Waals surface area contributed by atoms with E-state index >= 15 is 14.4 Å². The number of methoxy groups -OCH3 is 1. The van der Waals surface area contributed by atoms with Crippen LogP contribution >= 0.6 is 0 Å². The lowest BCUT2D eigenvalue weighted by molar-refractivity contribution is -0.177. The molecule has 0 saturated carbocycles. The number of carbonyl (C=O) groups excluding carboxylic acids is 4. The zero-order valence-corrected chi connectivity index (χ0v) is 37.2. The molecular weight excluding hydrogens is 847 g/mol. The number of hydrogen-bond acceptors (Lipinski definition) is 10. The summed E-state index contributed by atoms with van der Waals surface area (Å²) in [5.74, 6) is -1.65. The summed E-state index contributed by atoms with van der Waals surface area (Å²) in [4.78, 5) is 64.8. The summed E-state index contributed by atoms with van der Waals surface area (Å²) in [5, 5.41) is 15.9. The average molecular weight is 898 g/mol. The summed E-state index contributed by atoms with van der Waals surface area (Å²) >= 11 is 0. The number of nitrogens with zero attached hydrogens (tertiary/aromatic N) is 3. The highest BCUT2D eigenvalue weighted by atomic mass is 16.6. The predicted molar refractivity (Wildman–Crippen MR) is 254 cm³/mol. The minimum absolute atomic E-state index is 0.0512. The first-order valence-electron chi connectivity index (χ1n) is 22.6. The van der Waals surface area contributed by atoms with Crippen LogP contribution in [0.25, 0.3) is 11.1 Å². The molecule has 3 amide bonds. The summed E-state index contributed by atoms with van der Waals surface area (Å²) in [6.07, 6.45) is -0.819. The van der Waals surface area contributed by atoms with Crippen molar-refractivity contribution >= 4 is 40.8 Å². The predicted octanol–water partition coefficient (Wildman–Crippen LogP) is 7.31. The van der Waals surface area contributed by atoms with Gasteiger partial charge in [0.2, 0.25) is 17.7 Å². The number of morpholine rings is 1. The van der Waals surface area contributed by atoms with Crippen molar-refractivity contribution in [3.63, 3.8) is 0 Å². The van der Waals surface area contributed by atoms with E-state index in [0.717, 1.165) is 27.9 Å². The Labute approximate surface area is 388 Å². The molecule has 3 fully saturated rings. The molecule has 3 saturated heterocycles. The van der Waals surface area contributed by atoms with Crippen molar-refractivity contribution in [1.82, 2.24) is 9.80 Å². The summed E-state index contributed by atoms with van der Waals surface area (Å²) < 4.78 is 17.9. The minimum atomic E-state index is -1.71. The van der Waals surface area contributed by atoms with Gasteiger partial charge in [-0.1, -0.05) is 91.0 Å². The van der Waals surface area contributed by atoms with Crippen molar-refractivity contribution in [1.29, 1.82) is 0 Å². The van der Waals surface area contributed by atoms with Gasteiger partial charge in [-0.25, -0.2) is 0 Å². The largest absolute Gasteiger partial charge is 0.497 e. The molecular formula is C54H51N5O8. The van der Waals surface area contributed by atoms with Crippen LogP contribution in [-0.2, 0) is 29.3 Å². The Morgan fingerprint density at radius 3 is 2.03 bits per heavy atom. The molecule has 0 aliphatic carbocycles. The van der Waals surface area contributed by atoms with Crippen molar-refractivity contribution in [2.24, 2.45) is 5.92 Å². The number of ether oxygens (including phenoxy) is 3. The normalized spacial score (nSPS) is 23.2. The number of hydrogen-bond donors (Lipinski definition) is 3. The molecule has 13 heteroatoms. The number of esters is 1. The van der Waals surface area contributed by atoms with Gasteiger partial charge < -0.3 is 39.8 Å². The summed E-state index contributed by atoms with van der Waals surface area (Å²) in [6, 6.07) is 44.8. The summed E-state index contributed by atoms with van der Waals surface area (Å²) in [5.41, 5.74) is 4.76. The van der Waals surface area contributed by atoms with Crippen molar-refractivity contribution in [2.75, 3.05) is 62.0 Å². The Morgan fingerprint density at radius 2 is 1.39 bits per heavy atom. The Bertz CT molecular complexity index is 2780. The van der Waals surface area contributed by atoms with Crippen LogP contribution in [0.3, 0.4) is 0 Å². The van der Waals surface area contributed by atoms with Crippen LogP contribution in [0.15, 0.2) is 152 Å². The average Bonchev–Trinajstić information content (AvgIpc) is 3.85. The lowest BCUT2D eigenvalue weighted by Gasteiger charge is -2.46. The third-order valence-corrected chi connectivity index (χ3v) is 13.8. The number of amides is 3. The van der Waals surface area contributed by atoms with E-state index in [2.05, 4.69) is 20.4 Å². The molecule has 1 spiro atoms. The molecule has 67 heavy (non-hydrogen) atoms. The smallest absolute Gasteiger partial charge is 0.324 e. The molecule has 0 unspecified atom stereocenters. The number of piperazine rings is 1. The SMILES string of the molecule is COc1ccc(-c2ccc3c(c2)[C@]2(C(=O)N3)[C@H](c3ccc(OCCO)cc3)N3[C@H](c4ccccc4)[C@H](c4ccccc4)OC(=O)[C@H]3[C@@H]2C(=O)Nc2ccc(N3CCN(C(C)=O)CC3)cc2)cc1. The van der Waals surface area contributed by atoms with E-state index in [4.69, 9.17) is 14.2 Å². The number of fused-ring (bicyclic) bond motifs is 3. The van der Waals surface area contributed by atoms with E-state index in [1.54, 1.807) is 26.2 Å². The molecule has 4 heterocycles. The third-order valence-electron chi connectivity index (χ3n) is 13.8. The Hall–Kier alpha value is -7.48. The molecule has 340 valence electrons. The number of aliphatic hydroxyl groups excluding tert-OH is 1. The second-order valence-electron chi connectivity index (χ2n) is 17.4. The molecule has 3 N–H and O–H groups in total. The Kier molecular flexibility index (Phi) is 11.7. The molecule has 6 aromatic carbocycles. The second kappa shape index (κ2) is 18.1. The fourth-order valence-corrected chi connectivity index (χ4v) is 10.7. The van der Waals surface area contributed by atoms with Crippen LogP contribution < -0.4 is 25.0 Å². The third kappa shape index (κ3) is 7.73. The fraction of sp³-hybridized carbons (Fsp3) is 0.259. The van der Waals surface area contributed by atoms with E-state index in [0.29, 0.717) is 60.2 Å². The first-order valence-corrected chi connectivity index (χ1v) is 22.6.